The number of ether oxygens (including phenoxy) is 1. The van der Waals surface area contributed by atoms with Gasteiger partial charge in [0.15, 0.2) is 0 Å². The standard InChI is InChI=1S/C20H19IN2O2/c1-4-25-19-10-15(9-17(21)11-19)8-16(12-22)20(24)23-18-6-5-13(2)14(3)7-18/h5-11H,4H2,1-3H3,(H,23,24)/b16-8+. The number of halogens is 1. The number of nitriles is 1. The van der Waals surface area contributed by atoms with Crippen LogP contribution in [0.25, 0.3) is 6.08 Å². The number of aryl methyl sites for hydroxylation is 2. The molecule has 2 aromatic carbocycles. The first kappa shape index (κ1) is 19.0. The van der Waals surface area contributed by atoms with E-state index in [2.05, 4.69) is 27.9 Å². The molecule has 0 aliphatic rings. The highest BCUT2D eigenvalue weighted by molar-refractivity contribution is 14.1. The van der Waals surface area contributed by atoms with Crippen LogP contribution < -0.4 is 10.1 Å². The van der Waals surface area contributed by atoms with Crippen LogP contribution >= 0.6 is 22.6 Å². The average molecular weight is 446 g/mol. The highest BCUT2D eigenvalue weighted by Gasteiger charge is 2.11. The SMILES string of the molecule is CCOc1cc(I)cc(/C=C(\C#N)C(=O)Nc2ccc(C)c(C)c2)c1. The molecule has 128 valence electrons. The van der Waals surface area contributed by atoms with Gasteiger partial charge in [-0.1, -0.05) is 6.07 Å². The number of amides is 1. The molecule has 4 nitrogen and oxygen atoms in total. The molecule has 0 aromatic heterocycles. The third kappa shape index (κ3) is 5.33. The van der Waals surface area contributed by atoms with E-state index in [4.69, 9.17) is 4.74 Å². The fraction of sp³-hybridized carbons (Fsp3) is 0.200. The second-order valence-electron chi connectivity index (χ2n) is 5.58. The van der Waals surface area contributed by atoms with E-state index in [-0.39, 0.29) is 5.57 Å². The molecule has 5 heteroatoms. The molecule has 0 unspecified atom stereocenters. The fourth-order valence-corrected chi connectivity index (χ4v) is 2.92. The average Bonchev–Trinajstić information content (AvgIpc) is 2.55. The van der Waals surface area contributed by atoms with Gasteiger partial charge in [-0.3, -0.25) is 4.79 Å². The molecule has 2 rings (SSSR count). The summed E-state index contributed by atoms with van der Waals surface area (Å²) < 4.78 is 6.48. The quantitative estimate of drug-likeness (QED) is 0.406. The van der Waals surface area contributed by atoms with Gasteiger partial charge in [-0.2, -0.15) is 5.26 Å². The van der Waals surface area contributed by atoms with Crippen molar-refractivity contribution in [1.29, 1.82) is 5.26 Å². The summed E-state index contributed by atoms with van der Waals surface area (Å²) in [6.07, 6.45) is 1.57. The third-order valence-electron chi connectivity index (χ3n) is 3.65. The predicted molar refractivity (Wildman–Crippen MR) is 108 cm³/mol. The summed E-state index contributed by atoms with van der Waals surface area (Å²) in [5, 5.41) is 12.1. The van der Waals surface area contributed by atoms with Crippen molar-refractivity contribution in [2.24, 2.45) is 0 Å². The monoisotopic (exact) mass is 446 g/mol. The van der Waals surface area contributed by atoms with Gasteiger partial charge in [0.25, 0.3) is 5.91 Å². The first-order valence-electron chi connectivity index (χ1n) is 7.86. The second-order valence-corrected chi connectivity index (χ2v) is 6.82. The van der Waals surface area contributed by atoms with E-state index in [9.17, 15) is 10.1 Å². The van der Waals surface area contributed by atoms with Crippen molar-refractivity contribution in [1.82, 2.24) is 0 Å². The Hall–Kier alpha value is -2.33. The van der Waals surface area contributed by atoms with E-state index >= 15 is 0 Å². The number of nitrogens with zero attached hydrogens (tertiary/aromatic N) is 1. The minimum Gasteiger partial charge on any atom is -0.494 e. The minimum absolute atomic E-state index is 0.0441. The lowest BCUT2D eigenvalue weighted by molar-refractivity contribution is -0.112. The van der Waals surface area contributed by atoms with Crippen molar-refractivity contribution in [2.45, 2.75) is 20.8 Å². The summed E-state index contributed by atoms with van der Waals surface area (Å²) in [5.74, 6) is 0.287. The molecule has 0 saturated carbocycles. The zero-order valence-corrected chi connectivity index (χ0v) is 16.5. The Kier molecular flexibility index (Phi) is 6.59. The van der Waals surface area contributed by atoms with E-state index in [0.717, 1.165) is 20.3 Å². The zero-order chi connectivity index (χ0) is 18.4. The maximum Gasteiger partial charge on any atom is 0.266 e. The van der Waals surface area contributed by atoms with Crippen LogP contribution in [0.4, 0.5) is 5.69 Å². The lowest BCUT2D eigenvalue weighted by Crippen LogP contribution is -2.13. The molecule has 0 aliphatic heterocycles. The van der Waals surface area contributed by atoms with Gasteiger partial charge in [-0.25, -0.2) is 0 Å². The van der Waals surface area contributed by atoms with Gasteiger partial charge in [0.1, 0.15) is 17.4 Å². The van der Waals surface area contributed by atoms with Gasteiger partial charge in [-0.15, -0.1) is 0 Å². The van der Waals surface area contributed by atoms with Crippen molar-refractivity contribution in [3.05, 3.63) is 62.2 Å². The Morgan fingerprint density at radius 2 is 2.00 bits per heavy atom. The lowest BCUT2D eigenvalue weighted by atomic mass is 10.1. The van der Waals surface area contributed by atoms with E-state index in [0.29, 0.717) is 18.0 Å². The van der Waals surface area contributed by atoms with E-state index in [1.807, 2.05) is 63.2 Å². The molecular weight excluding hydrogens is 427 g/mol. The maximum atomic E-state index is 12.4. The third-order valence-corrected chi connectivity index (χ3v) is 4.27. The molecule has 0 spiro atoms. The Labute approximate surface area is 161 Å². The molecule has 0 saturated heterocycles. The van der Waals surface area contributed by atoms with Crippen molar-refractivity contribution in [3.8, 4) is 11.8 Å². The Bertz CT molecular complexity index is 866. The lowest BCUT2D eigenvalue weighted by Gasteiger charge is -2.08. The Balaban J connectivity index is 2.26. The molecule has 0 bridgehead atoms. The van der Waals surface area contributed by atoms with Gasteiger partial charge in [0.05, 0.1) is 6.61 Å². The largest absolute Gasteiger partial charge is 0.494 e. The van der Waals surface area contributed by atoms with Crippen LogP contribution in [0.3, 0.4) is 0 Å². The maximum absolute atomic E-state index is 12.4. The highest BCUT2D eigenvalue weighted by Crippen LogP contribution is 2.21. The van der Waals surface area contributed by atoms with Gasteiger partial charge >= 0.3 is 0 Å². The first-order valence-corrected chi connectivity index (χ1v) is 8.94. The molecule has 25 heavy (non-hydrogen) atoms. The Morgan fingerprint density at radius 3 is 2.64 bits per heavy atom. The van der Waals surface area contributed by atoms with Crippen molar-refractivity contribution >= 4 is 40.3 Å². The van der Waals surface area contributed by atoms with Gasteiger partial charge in [-0.05, 0) is 96.5 Å². The van der Waals surface area contributed by atoms with E-state index in [1.165, 1.54) is 0 Å². The number of anilines is 1. The molecule has 0 radical (unpaired) electrons. The highest BCUT2D eigenvalue weighted by atomic mass is 127. The van der Waals surface area contributed by atoms with Crippen molar-refractivity contribution in [3.63, 3.8) is 0 Å². The topological polar surface area (TPSA) is 62.1 Å². The minimum atomic E-state index is -0.428. The summed E-state index contributed by atoms with van der Waals surface area (Å²) in [7, 11) is 0. The van der Waals surface area contributed by atoms with Crippen LogP contribution in [-0.4, -0.2) is 12.5 Å². The molecular formula is C20H19IN2O2. The van der Waals surface area contributed by atoms with E-state index in [1.54, 1.807) is 6.08 Å². The van der Waals surface area contributed by atoms with Crippen molar-refractivity contribution < 1.29 is 9.53 Å². The van der Waals surface area contributed by atoms with E-state index < -0.39 is 5.91 Å². The second kappa shape index (κ2) is 8.67. The summed E-state index contributed by atoms with van der Waals surface area (Å²) in [6.45, 7) is 6.45. The number of carbonyl (C=O) groups excluding carboxylic acids is 1. The number of hydrogen-bond acceptors (Lipinski definition) is 3. The number of nitrogens with one attached hydrogen (secondary N) is 1. The van der Waals surface area contributed by atoms with Crippen LogP contribution in [0.15, 0.2) is 42.0 Å². The van der Waals surface area contributed by atoms with Gasteiger partial charge < -0.3 is 10.1 Å². The summed E-state index contributed by atoms with van der Waals surface area (Å²) in [4.78, 5) is 12.4. The van der Waals surface area contributed by atoms with Gasteiger partial charge in [0.2, 0.25) is 0 Å². The summed E-state index contributed by atoms with van der Waals surface area (Å²) in [5.41, 5.74) is 3.70. The van der Waals surface area contributed by atoms with Crippen LogP contribution in [-0.2, 0) is 4.79 Å². The van der Waals surface area contributed by atoms with Crippen LogP contribution in [0.1, 0.15) is 23.6 Å². The number of hydrogen-bond donors (Lipinski definition) is 1. The number of benzene rings is 2. The predicted octanol–water partition coefficient (Wildman–Crippen LogP) is 4.85. The Morgan fingerprint density at radius 1 is 1.24 bits per heavy atom. The normalized spacial score (nSPS) is 10.9. The summed E-state index contributed by atoms with van der Waals surface area (Å²) in [6, 6.07) is 13.2. The van der Waals surface area contributed by atoms with Gasteiger partial charge in [0, 0.05) is 9.26 Å². The molecule has 0 heterocycles. The van der Waals surface area contributed by atoms with Crippen LogP contribution in [0, 0.1) is 28.7 Å². The molecule has 2 aromatic rings. The van der Waals surface area contributed by atoms with Crippen LogP contribution in [0.2, 0.25) is 0 Å². The fourth-order valence-electron chi connectivity index (χ4n) is 2.25. The molecule has 0 aliphatic carbocycles. The van der Waals surface area contributed by atoms with Crippen LogP contribution in [0.5, 0.6) is 5.75 Å². The first-order chi connectivity index (χ1) is 11.9. The zero-order valence-electron chi connectivity index (χ0n) is 14.4. The molecule has 0 atom stereocenters. The number of carbonyl (C=O) groups is 1. The van der Waals surface area contributed by atoms with Crippen molar-refractivity contribution in [2.75, 3.05) is 11.9 Å². The molecule has 1 amide bonds. The summed E-state index contributed by atoms with van der Waals surface area (Å²) >= 11 is 2.18. The number of rotatable bonds is 5. The molecule has 1 N–H and O–H groups in total. The molecule has 0 fully saturated rings. The smallest absolute Gasteiger partial charge is 0.266 e.